The molecule has 0 bridgehead atoms. The van der Waals surface area contributed by atoms with Gasteiger partial charge in [-0.2, -0.15) is 0 Å². The Kier molecular flexibility index (Phi) is 4.58. The minimum atomic E-state index is -4.21. The lowest BCUT2D eigenvalue weighted by molar-refractivity contribution is 0.0755. The van der Waals surface area contributed by atoms with E-state index in [9.17, 15) is 22.0 Å². The molecular formula is C13H16F2N2O3S. The van der Waals surface area contributed by atoms with E-state index in [4.69, 9.17) is 5.14 Å². The molecule has 1 aliphatic heterocycles. The highest BCUT2D eigenvalue weighted by Gasteiger charge is 2.25. The van der Waals surface area contributed by atoms with E-state index in [0.717, 1.165) is 31.7 Å². The van der Waals surface area contributed by atoms with Crippen molar-refractivity contribution in [3.63, 3.8) is 0 Å². The molecule has 0 aliphatic carbocycles. The maximum atomic E-state index is 13.8. The molecular weight excluding hydrogens is 302 g/mol. The molecule has 2 rings (SSSR count). The Balaban J connectivity index is 2.42. The van der Waals surface area contributed by atoms with Crippen molar-refractivity contribution in [1.82, 2.24) is 4.90 Å². The Bertz CT molecular complexity index is 654. The number of hydrogen-bond donors (Lipinski definition) is 1. The zero-order chi connectivity index (χ0) is 15.6. The van der Waals surface area contributed by atoms with Crippen molar-refractivity contribution in [3.05, 3.63) is 29.3 Å². The highest BCUT2D eigenvalue weighted by molar-refractivity contribution is 7.89. The summed E-state index contributed by atoms with van der Waals surface area (Å²) in [4.78, 5) is 13.1. The van der Waals surface area contributed by atoms with Crippen LogP contribution in [0, 0.1) is 11.6 Å². The summed E-state index contributed by atoms with van der Waals surface area (Å²) in [6, 6.07) is 1.27. The van der Waals surface area contributed by atoms with E-state index in [2.05, 4.69) is 0 Å². The Morgan fingerprint density at radius 3 is 2.19 bits per heavy atom. The quantitative estimate of drug-likeness (QED) is 0.900. The fourth-order valence-electron chi connectivity index (χ4n) is 2.33. The number of sulfonamides is 1. The lowest BCUT2D eigenvalue weighted by atomic mass is 10.1. The van der Waals surface area contributed by atoms with Gasteiger partial charge in [0.2, 0.25) is 10.0 Å². The van der Waals surface area contributed by atoms with Crippen LogP contribution in [0.25, 0.3) is 0 Å². The van der Waals surface area contributed by atoms with E-state index in [0.29, 0.717) is 19.2 Å². The average Bonchev–Trinajstić information content (AvgIpc) is 2.68. The first kappa shape index (κ1) is 15.8. The minimum Gasteiger partial charge on any atom is -0.339 e. The van der Waals surface area contributed by atoms with E-state index in [1.807, 2.05) is 0 Å². The first-order valence-electron chi connectivity index (χ1n) is 6.62. The summed E-state index contributed by atoms with van der Waals surface area (Å²) in [5.41, 5.74) is -0.596. The normalized spacial score (nSPS) is 16.6. The Morgan fingerprint density at radius 1 is 1.10 bits per heavy atom. The Hall–Kier alpha value is -1.54. The molecule has 116 valence electrons. The number of carbonyl (C=O) groups excluding carboxylic acids is 1. The van der Waals surface area contributed by atoms with Gasteiger partial charge in [-0.1, -0.05) is 12.8 Å². The number of likely N-dealkylation sites (tertiary alicyclic amines) is 1. The molecule has 0 unspecified atom stereocenters. The molecule has 1 aromatic carbocycles. The maximum absolute atomic E-state index is 13.8. The molecule has 1 aromatic rings. The highest BCUT2D eigenvalue weighted by Crippen LogP contribution is 2.21. The zero-order valence-electron chi connectivity index (χ0n) is 11.3. The SMILES string of the molecule is NS(=O)(=O)c1cc(F)c(F)c(C(=O)N2CCCCCC2)c1. The number of amides is 1. The van der Waals surface area contributed by atoms with E-state index < -0.39 is 38.0 Å². The first-order valence-corrected chi connectivity index (χ1v) is 8.16. The minimum absolute atomic E-state index is 0.444. The van der Waals surface area contributed by atoms with Crippen LogP contribution in [-0.2, 0) is 10.0 Å². The van der Waals surface area contributed by atoms with Crippen LogP contribution in [0.3, 0.4) is 0 Å². The van der Waals surface area contributed by atoms with Crippen LogP contribution >= 0.6 is 0 Å². The van der Waals surface area contributed by atoms with E-state index in [1.54, 1.807) is 0 Å². The van der Waals surface area contributed by atoms with Crippen LogP contribution < -0.4 is 5.14 Å². The van der Waals surface area contributed by atoms with E-state index in [1.165, 1.54) is 4.90 Å². The van der Waals surface area contributed by atoms with Crippen LogP contribution in [0.2, 0.25) is 0 Å². The molecule has 5 nitrogen and oxygen atoms in total. The number of benzene rings is 1. The standard InChI is InChI=1S/C13H16F2N2O3S/c14-11-8-9(21(16,19)20)7-10(12(11)15)13(18)17-5-3-1-2-4-6-17/h7-8H,1-6H2,(H2,16,19,20). The molecule has 0 aromatic heterocycles. The number of halogens is 2. The second-order valence-electron chi connectivity index (χ2n) is 5.02. The predicted octanol–water partition coefficient (Wildman–Crippen LogP) is 1.63. The lowest BCUT2D eigenvalue weighted by Gasteiger charge is -2.21. The summed E-state index contributed by atoms with van der Waals surface area (Å²) in [7, 11) is -4.21. The van der Waals surface area contributed by atoms with Gasteiger partial charge in [-0.3, -0.25) is 4.79 Å². The second-order valence-corrected chi connectivity index (χ2v) is 6.58. The first-order chi connectivity index (χ1) is 9.80. The third-order valence-corrected chi connectivity index (χ3v) is 4.35. The van der Waals surface area contributed by atoms with Gasteiger partial charge in [0.15, 0.2) is 11.6 Å². The molecule has 0 spiro atoms. The number of hydrogen-bond acceptors (Lipinski definition) is 3. The van der Waals surface area contributed by atoms with Crippen LogP contribution in [0.15, 0.2) is 17.0 Å². The predicted molar refractivity (Wildman–Crippen MR) is 72.1 cm³/mol. The third-order valence-electron chi connectivity index (χ3n) is 3.45. The van der Waals surface area contributed by atoms with Gasteiger partial charge in [0, 0.05) is 13.1 Å². The van der Waals surface area contributed by atoms with Crippen molar-refractivity contribution in [3.8, 4) is 0 Å². The van der Waals surface area contributed by atoms with Gasteiger partial charge < -0.3 is 4.90 Å². The van der Waals surface area contributed by atoms with Gasteiger partial charge in [-0.15, -0.1) is 0 Å². The number of primary sulfonamides is 1. The van der Waals surface area contributed by atoms with Gasteiger partial charge in [-0.05, 0) is 25.0 Å². The molecule has 0 saturated carbocycles. The van der Waals surface area contributed by atoms with Crippen molar-refractivity contribution in [2.75, 3.05) is 13.1 Å². The molecule has 1 amide bonds. The van der Waals surface area contributed by atoms with Crippen molar-refractivity contribution < 1.29 is 22.0 Å². The van der Waals surface area contributed by atoms with Crippen molar-refractivity contribution in [2.45, 2.75) is 30.6 Å². The summed E-state index contributed by atoms with van der Waals surface area (Å²) in [6.45, 7) is 0.888. The molecule has 0 radical (unpaired) electrons. The average molecular weight is 318 g/mol. The van der Waals surface area contributed by atoms with Crippen molar-refractivity contribution >= 4 is 15.9 Å². The lowest BCUT2D eigenvalue weighted by Crippen LogP contribution is -2.33. The van der Waals surface area contributed by atoms with Crippen molar-refractivity contribution in [2.24, 2.45) is 5.14 Å². The van der Waals surface area contributed by atoms with Gasteiger partial charge >= 0.3 is 0 Å². The summed E-state index contributed by atoms with van der Waals surface area (Å²) in [6.07, 6.45) is 3.51. The molecule has 1 heterocycles. The van der Waals surface area contributed by atoms with Gasteiger partial charge in [0.1, 0.15) is 0 Å². The third kappa shape index (κ3) is 3.56. The van der Waals surface area contributed by atoms with E-state index in [-0.39, 0.29) is 0 Å². The smallest absolute Gasteiger partial charge is 0.256 e. The topological polar surface area (TPSA) is 80.5 Å². The Labute approximate surface area is 121 Å². The summed E-state index contributed by atoms with van der Waals surface area (Å²) < 4.78 is 49.9. The van der Waals surface area contributed by atoms with Crippen molar-refractivity contribution in [1.29, 1.82) is 0 Å². The van der Waals surface area contributed by atoms with Gasteiger partial charge in [-0.25, -0.2) is 22.3 Å². The van der Waals surface area contributed by atoms with Gasteiger partial charge in [0.05, 0.1) is 10.5 Å². The largest absolute Gasteiger partial charge is 0.339 e. The molecule has 8 heteroatoms. The summed E-state index contributed by atoms with van der Waals surface area (Å²) >= 11 is 0. The fourth-order valence-corrected chi connectivity index (χ4v) is 2.88. The van der Waals surface area contributed by atoms with Gasteiger partial charge in [0.25, 0.3) is 5.91 Å². The molecule has 1 saturated heterocycles. The Morgan fingerprint density at radius 2 is 1.67 bits per heavy atom. The number of nitrogens with two attached hydrogens (primary N) is 1. The summed E-state index contributed by atoms with van der Waals surface area (Å²) in [5, 5.41) is 4.91. The maximum Gasteiger partial charge on any atom is 0.256 e. The monoisotopic (exact) mass is 318 g/mol. The van der Waals surface area contributed by atoms with Crippen LogP contribution in [-0.4, -0.2) is 32.3 Å². The molecule has 21 heavy (non-hydrogen) atoms. The van der Waals surface area contributed by atoms with Crippen LogP contribution in [0.5, 0.6) is 0 Å². The fraction of sp³-hybridized carbons (Fsp3) is 0.462. The number of rotatable bonds is 2. The highest BCUT2D eigenvalue weighted by atomic mass is 32.2. The second kappa shape index (κ2) is 6.07. The van der Waals surface area contributed by atoms with Crippen LogP contribution in [0.4, 0.5) is 8.78 Å². The van der Waals surface area contributed by atoms with Crippen LogP contribution in [0.1, 0.15) is 36.0 Å². The van der Waals surface area contributed by atoms with E-state index >= 15 is 0 Å². The summed E-state index contributed by atoms with van der Waals surface area (Å²) in [5.74, 6) is -3.46. The molecule has 1 aliphatic rings. The number of nitrogens with zero attached hydrogens (tertiary/aromatic N) is 1. The number of carbonyl (C=O) groups is 1. The molecule has 0 atom stereocenters. The molecule has 2 N–H and O–H groups in total. The zero-order valence-corrected chi connectivity index (χ0v) is 12.1. The molecule has 1 fully saturated rings.